The molecule has 0 saturated carbocycles. The molecule has 0 fully saturated rings. The van der Waals surface area contributed by atoms with Crippen LogP contribution in [-0.4, -0.2) is 54.3 Å². The van der Waals surface area contributed by atoms with E-state index in [2.05, 4.69) is 92.1 Å². The molecule has 0 spiro atoms. The molecule has 0 aliphatic carbocycles. The van der Waals surface area contributed by atoms with Gasteiger partial charge in [-0.2, -0.15) is 0 Å². The summed E-state index contributed by atoms with van der Waals surface area (Å²) < 4.78 is 26.9. The number of phosphoric acid groups is 1. The molecule has 2 unspecified atom stereocenters. The Labute approximate surface area is 373 Å². The van der Waals surface area contributed by atoms with Crippen LogP contribution in [0.5, 0.6) is 0 Å². The third-order valence-electron chi connectivity index (χ3n) is 10.1. The summed E-state index contributed by atoms with van der Waals surface area (Å²) in [6.07, 6.45) is 58.3. The Bertz CT molecular complexity index is 1230. The Hall–Kier alpha value is -2.55. The van der Waals surface area contributed by atoms with Gasteiger partial charge in [0.15, 0.2) is 0 Å². The lowest BCUT2D eigenvalue weighted by atomic mass is 10.0. The first-order valence-electron chi connectivity index (χ1n) is 24.4. The summed E-state index contributed by atoms with van der Waals surface area (Å²) >= 11 is 0. The highest BCUT2D eigenvalue weighted by Crippen LogP contribution is 2.42. The fourth-order valence-corrected chi connectivity index (χ4v) is 7.15. The number of aliphatic hydroxyl groups excluding tert-OH is 1. The lowest BCUT2D eigenvalue weighted by Gasteiger charge is -2.15. The number of phosphoric ester groups is 1. The number of carbonyl (C=O) groups is 2. The number of ether oxygens (including phenoxy) is 1. The van der Waals surface area contributed by atoms with Crippen LogP contribution in [0.3, 0.4) is 0 Å². The number of esters is 1. The summed E-state index contributed by atoms with van der Waals surface area (Å²) in [4.78, 5) is 34.0. The lowest BCUT2D eigenvalue weighted by molar-refractivity contribution is -0.147. The molecule has 0 saturated heterocycles. The first-order valence-corrected chi connectivity index (χ1v) is 25.9. The molecule has 0 aliphatic rings. The summed E-state index contributed by atoms with van der Waals surface area (Å²) in [6.45, 7) is 3.46. The van der Waals surface area contributed by atoms with Crippen molar-refractivity contribution in [3.8, 4) is 0 Å². The molecule has 10 heteroatoms. The zero-order valence-corrected chi connectivity index (χ0v) is 39.7. The first-order chi connectivity index (χ1) is 29.8. The maximum atomic E-state index is 12.1. The van der Waals surface area contributed by atoms with E-state index in [0.717, 1.165) is 70.6 Å². The van der Waals surface area contributed by atoms with Crippen LogP contribution in [0.25, 0.3) is 0 Å². The molecule has 2 atom stereocenters. The Kier molecular flexibility index (Phi) is 45.0. The van der Waals surface area contributed by atoms with E-state index in [-0.39, 0.29) is 32.1 Å². The van der Waals surface area contributed by atoms with Crippen LogP contribution in [0.2, 0.25) is 0 Å². The van der Waals surface area contributed by atoms with Gasteiger partial charge in [0.1, 0.15) is 12.7 Å². The number of allylic oxidation sites excluding steroid dienone is 12. The largest absolute Gasteiger partial charge is 0.472 e. The molecule has 0 aliphatic heterocycles. The maximum absolute atomic E-state index is 12.1. The van der Waals surface area contributed by atoms with E-state index < -0.39 is 26.5 Å². The van der Waals surface area contributed by atoms with Crippen LogP contribution >= 0.6 is 7.82 Å². The summed E-state index contributed by atoms with van der Waals surface area (Å²) in [7, 11) is -4.43. The van der Waals surface area contributed by atoms with Crippen LogP contribution in [0, 0.1) is 0 Å². The molecular weight excluding hydrogens is 786 g/mol. The molecule has 0 aromatic heterocycles. The SMILES string of the molecule is CCCCC/C=C\C/C=C\C/C=C\C/C=C\CCCCCC(=O)NCCOP(=O)(O)OCC(O)COC(=O)CCCCCCCCCCCCC/C=C\C/C=C\CCCCC. The first kappa shape index (κ1) is 58.5. The van der Waals surface area contributed by atoms with Crippen molar-refractivity contribution in [2.24, 2.45) is 0 Å². The van der Waals surface area contributed by atoms with Gasteiger partial charge in [0.05, 0.1) is 13.2 Å². The van der Waals surface area contributed by atoms with Crippen molar-refractivity contribution in [3.05, 3.63) is 72.9 Å². The topological polar surface area (TPSA) is 131 Å². The van der Waals surface area contributed by atoms with Crippen molar-refractivity contribution in [3.63, 3.8) is 0 Å². The Morgan fingerprint density at radius 1 is 0.508 bits per heavy atom. The van der Waals surface area contributed by atoms with Crippen molar-refractivity contribution in [2.45, 2.75) is 213 Å². The van der Waals surface area contributed by atoms with E-state index in [1.165, 1.54) is 109 Å². The molecule has 0 radical (unpaired) electrons. The third-order valence-corrected chi connectivity index (χ3v) is 11.1. The number of amides is 1. The number of unbranched alkanes of at least 4 members (excludes halogenated alkanes) is 20. The summed E-state index contributed by atoms with van der Waals surface area (Å²) in [6, 6.07) is 0. The summed E-state index contributed by atoms with van der Waals surface area (Å²) in [5.74, 6) is -0.551. The molecule has 9 nitrogen and oxygen atoms in total. The van der Waals surface area contributed by atoms with Crippen molar-refractivity contribution in [2.75, 3.05) is 26.4 Å². The van der Waals surface area contributed by atoms with E-state index in [9.17, 15) is 24.2 Å². The van der Waals surface area contributed by atoms with Gasteiger partial charge in [0, 0.05) is 19.4 Å². The smallest absolute Gasteiger partial charge is 0.463 e. The van der Waals surface area contributed by atoms with E-state index in [0.29, 0.717) is 6.42 Å². The second-order valence-corrected chi connectivity index (χ2v) is 17.5. The highest BCUT2D eigenvalue weighted by Gasteiger charge is 2.23. The number of hydrogen-bond acceptors (Lipinski definition) is 7. The van der Waals surface area contributed by atoms with Gasteiger partial charge >= 0.3 is 13.8 Å². The number of carbonyl (C=O) groups excluding carboxylic acids is 2. The summed E-state index contributed by atoms with van der Waals surface area (Å²) in [5, 5.41) is 12.7. The van der Waals surface area contributed by atoms with Crippen molar-refractivity contribution >= 4 is 19.7 Å². The quantitative estimate of drug-likeness (QED) is 0.0239. The van der Waals surface area contributed by atoms with Gasteiger partial charge in [-0.25, -0.2) is 4.57 Å². The monoisotopic (exact) mass is 876 g/mol. The lowest BCUT2D eigenvalue weighted by Crippen LogP contribution is -2.27. The minimum atomic E-state index is -4.43. The molecule has 352 valence electrons. The van der Waals surface area contributed by atoms with E-state index in [1.54, 1.807) is 0 Å². The van der Waals surface area contributed by atoms with Gasteiger partial charge in [-0.1, -0.05) is 177 Å². The van der Waals surface area contributed by atoms with Crippen molar-refractivity contribution in [1.82, 2.24) is 5.32 Å². The van der Waals surface area contributed by atoms with Crippen molar-refractivity contribution < 1.29 is 37.9 Å². The molecule has 0 rings (SSSR count). The van der Waals surface area contributed by atoms with E-state index in [4.69, 9.17) is 13.8 Å². The Morgan fingerprint density at radius 3 is 1.34 bits per heavy atom. The Morgan fingerprint density at radius 2 is 0.885 bits per heavy atom. The van der Waals surface area contributed by atoms with Gasteiger partial charge in [-0.3, -0.25) is 18.6 Å². The molecule has 0 heterocycles. The fourth-order valence-electron chi connectivity index (χ4n) is 6.39. The van der Waals surface area contributed by atoms with Gasteiger partial charge in [-0.15, -0.1) is 0 Å². The van der Waals surface area contributed by atoms with E-state index in [1.807, 2.05) is 0 Å². The van der Waals surface area contributed by atoms with Crippen LogP contribution in [0.4, 0.5) is 0 Å². The van der Waals surface area contributed by atoms with Crippen LogP contribution < -0.4 is 5.32 Å². The maximum Gasteiger partial charge on any atom is 0.472 e. The zero-order chi connectivity index (χ0) is 44.6. The minimum absolute atomic E-state index is 0.0612. The average Bonchev–Trinajstić information content (AvgIpc) is 3.25. The van der Waals surface area contributed by atoms with Gasteiger partial charge < -0.3 is 20.1 Å². The minimum Gasteiger partial charge on any atom is -0.463 e. The van der Waals surface area contributed by atoms with Crippen LogP contribution in [0.1, 0.15) is 206 Å². The third kappa shape index (κ3) is 48.3. The highest BCUT2D eigenvalue weighted by atomic mass is 31.2. The Balaban J connectivity index is 3.63. The number of hydrogen-bond donors (Lipinski definition) is 3. The molecular formula is C51H90NO8P. The second kappa shape index (κ2) is 46.9. The summed E-state index contributed by atoms with van der Waals surface area (Å²) in [5.41, 5.74) is 0. The molecule has 61 heavy (non-hydrogen) atoms. The standard InChI is InChI=1S/C51H90NO8P/c1-3-5-7-9-11-13-15-17-19-21-23-24-26-28-30-32-34-36-38-40-42-44-51(55)58-47-49(53)48-60-61(56,57)59-46-45-52-50(54)43-41-39-37-35-33-31-29-27-25-22-20-18-16-14-12-10-8-6-4-2/h11-14,17-20,25,27,31,33,49,53H,3-10,15-16,21-24,26,28-30,32,34-48H2,1-2H3,(H,52,54)(H,56,57)/b13-11-,14-12-,19-17-,20-18-,27-25-,33-31-. The number of nitrogens with one attached hydrogen (secondary N) is 1. The zero-order valence-electron chi connectivity index (χ0n) is 38.8. The molecule has 0 aromatic carbocycles. The fraction of sp³-hybridized carbons (Fsp3) is 0.725. The van der Waals surface area contributed by atoms with Gasteiger partial charge in [0.25, 0.3) is 0 Å². The highest BCUT2D eigenvalue weighted by molar-refractivity contribution is 7.47. The number of rotatable bonds is 45. The predicted molar refractivity (Wildman–Crippen MR) is 256 cm³/mol. The molecule has 0 bridgehead atoms. The van der Waals surface area contributed by atoms with E-state index >= 15 is 0 Å². The normalized spacial score (nSPS) is 13.8. The molecule has 3 N–H and O–H groups in total. The molecule has 1 amide bonds. The average molecular weight is 876 g/mol. The van der Waals surface area contributed by atoms with Crippen LogP contribution in [0.15, 0.2) is 72.9 Å². The van der Waals surface area contributed by atoms with Crippen molar-refractivity contribution in [1.29, 1.82) is 0 Å². The van der Waals surface area contributed by atoms with Gasteiger partial charge in [0.2, 0.25) is 5.91 Å². The van der Waals surface area contributed by atoms with Gasteiger partial charge in [-0.05, 0) is 89.9 Å². The predicted octanol–water partition coefficient (Wildman–Crippen LogP) is 14.2. The second-order valence-electron chi connectivity index (χ2n) is 16.1. The molecule has 0 aromatic rings. The van der Waals surface area contributed by atoms with Crippen LogP contribution in [-0.2, 0) is 27.9 Å². The number of aliphatic hydroxyl groups is 1.